The van der Waals surface area contributed by atoms with Crippen LogP contribution in [0.1, 0.15) is 37.8 Å². The van der Waals surface area contributed by atoms with E-state index in [0.717, 1.165) is 0 Å². The third-order valence-electron chi connectivity index (χ3n) is 3.51. The summed E-state index contributed by atoms with van der Waals surface area (Å²) in [6.07, 6.45) is 2.50. The molecule has 1 aliphatic carbocycles. The second-order valence-corrected chi connectivity index (χ2v) is 5.27. The topological polar surface area (TPSA) is 35.8 Å². The van der Waals surface area contributed by atoms with E-state index in [-0.39, 0.29) is 11.4 Å². The van der Waals surface area contributed by atoms with E-state index in [1.54, 1.807) is 6.07 Å². The van der Waals surface area contributed by atoms with Crippen molar-refractivity contribution in [2.24, 2.45) is 5.92 Å². The Bertz CT molecular complexity index is 456. The Labute approximate surface area is 101 Å². The molecule has 2 nitrogen and oxygen atoms in total. The molecule has 1 saturated carbocycles. The van der Waals surface area contributed by atoms with Crippen LogP contribution in [-0.2, 0) is 6.54 Å². The molecule has 90 valence electrons. The van der Waals surface area contributed by atoms with Gasteiger partial charge < -0.3 is 5.32 Å². The van der Waals surface area contributed by atoms with E-state index in [4.69, 9.17) is 5.26 Å². The van der Waals surface area contributed by atoms with Gasteiger partial charge in [-0.2, -0.15) is 5.26 Å². The third kappa shape index (κ3) is 2.83. The fourth-order valence-electron chi connectivity index (χ4n) is 2.05. The van der Waals surface area contributed by atoms with E-state index in [2.05, 4.69) is 19.2 Å². The van der Waals surface area contributed by atoms with Gasteiger partial charge in [0, 0.05) is 17.6 Å². The van der Waals surface area contributed by atoms with E-state index < -0.39 is 0 Å². The largest absolute Gasteiger partial charge is 0.307 e. The number of benzene rings is 1. The third-order valence-corrected chi connectivity index (χ3v) is 3.51. The zero-order valence-corrected chi connectivity index (χ0v) is 10.3. The average molecular weight is 232 g/mol. The number of nitriles is 1. The molecule has 0 unspecified atom stereocenters. The molecule has 3 heteroatoms. The lowest BCUT2D eigenvalue weighted by Gasteiger charge is -2.26. The summed E-state index contributed by atoms with van der Waals surface area (Å²) >= 11 is 0. The number of nitrogens with zero attached hydrogens (tertiary/aromatic N) is 1. The van der Waals surface area contributed by atoms with Gasteiger partial charge in [-0.3, -0.25) is 0 Å². The van der Waals surface area contributed by atoms with Gasteiger partial charge in [0.1, 0.15) is 5.82 Å². The van der Waals surface area contributed by atoms with Gasteiger partial charge in [-0.25, -0.2) is 4.39 Å². The Kier molecular flexibility index (Phi) is 3.17. The molecule has 2 rings (SSSR count). The Morgan fingerprint density at radius 1 is 1.47 bits per heavy atom. The molecule has 0 atom stereocenters. The van der Waals surface area contributed by atoms with Gasteiger partial charge >= 0.3 is 0 Å². The molecule has 0 amide bonds. The summed E-state index contributed by atoms with van der Waals surface area (Å²) in [5.74, 6) is 0.452. The standard InChI is InChI=1S/C14H17FN2/c1-14(2,12-4-5-12)17-9-11-7-10(8-16)3-6-13(11)15/h3,6-7,12,17H,4-5,9H2,1-2H3. The fourth-order valence-corrected chi connectivity index (χ4v) is 2.05. The molecule has 17 heavy (non-hydrogen) atoms. The van der Waals surface area contributed by atoms with Crippen LogP contribution in [0.4, 0.5) is 4.39 Å². The first kappa shape index (κ1) is 12.1. The highest BCUT2D eigenvalue weighted by molar-refractivity contribution is 5.33. The number of hydrogen-bond acceptors (Lipinski definition) is 2. The Balaban J connectivity index is 2.05. The van der Waals surface area contributed by atoms with Gasteiger partial charge in [0.25, 0.3) is 0 Å². The number of nitrogens with one attached hydrogen (secondary N) is 1. The van der Waals surface area contributed by atoms with Crippen LogP contribution in [0.25, 0.3) is 0 Å². The van der Waals surface area contributed by atoms with Crippen molar-refractivity contribution in [2.45, 2.75) is 38.8 Å². The van der Waals surface area contributed by atoms with E-state index in [1.807, 2.05) is 6.07 Å². The molecule has 0 saturated heterocycles. The van der Waals surface area contributed by atoms with Crippen LogP contribution in [0.15, 0.2) is 18.2 Å². The molecular formula is C14H17FN2. The summed E-state index contributed by atoms with van der Waals surface area (Å²) in [7, 11) is 0. The maximum atomic E-state index is 13.5. The summed E-state index contributed by atoms with van der Waals surface area (Å²) in [6.45, 7) is 4.78. The Morgan fingerprint density at radius 2 is 2.18 bits per heavy atom. The van der Waals surface area contributed by atoms with Gasteiger partial charge in [-0.15, -0.1) is 0 Å². The molecule has 1 aliphatic rings. The maximum absolute atomic E-state index is 13.5. The molecule has 0 aromatic heterocycles. The van der Waals surface area contributed by atoms with E-state index >= 15 is 0 Å². The minimum absolute atomic E-state index is 0.0507. The molecule has 1 N–H and O–H groups in total. The quantitative estimate of drug-likeness (QED) is 0.866. The zero-order chi connectivity index (χ0) is 12.5. The number of hydrogen-bond donors (Lipinski definition) is 1. The minimum Gasteiger partial charge on any atom is -0.307 e. The van der Waals surface area contributed by atoms with Crippen LogP contribution in [0.5, 0.6) is 0 Å². The van der Waals surface area contributed by atoms with Gasteiger partial charge in [-0.1, -0.05) is 0 Å². The monoisotopic (exact) mass is 232 g/mol. The van der Waals surface area contributed by atoms with Crippen LogP contribution < -0.4 is 5.32 Å². The highest BCUT2D eigenvalue weighted by Crippen LogP contribution is 2.39. The van der Waals surface area contributed by atoms with Crippen molar-refractivity contribution in [1.29, 1.82) is 5.26 Å². The predicted octanol–water partition coefficient (Wildman–Crippen LogP) is 2.98. The van der Waals surface area contributed by atoms with Crippen LogP contribution in [0.2, 0.25) is 0 Å². The van der Waals surface area contributed by atoms with Crippen molar-refractivity contribution < 1.29 is 4.39 Å². The molecule has 0 spiro atoms. The lowest BCUT2D eigenvalue weighted by molar-refractivity contribution is 0.337. The maximum Gasteiger partial charge on any atom is 0.127 e. The van der Waals surface area contributed by atoms with E-state index in [0.29, 0.717) is 23.6 Å². The molecule has 1 aromatic carbocycles. The van der Waals surface area contributed by atoms with Crippen molar-refractivity contribution in [3.05, 3.63) is 35.1 Å². The Morgan fingerprint density at radius 3 is 2.76 bits per heavy atom. The fraction of sp³-hybridized carbons (Fsp3) is 0.500. The normalized spacial score (nSPS) is 15.6. The number of rotatable bonds is 4. The van der Waals surface area contributed by atoms with Crippen molar-refractivity contribution in [3.63, 3.8) is 0 Å². The van der Waals surface area contributed by atoms with Crippen LogP contribution in [0, 0.1) is 23.1 Å². The lowest BCUT2D eigenvalue weighted by atomic mass is 9.98. The predicted molar refractivity (Wildman–Crippen MR) is 64.8 cm³/mol. The average Bonchev–Trinajstić information content (AvgIpc) is 3.12. The van der Waals surface area contributed by atoms with Gasteiger partial charge in [-0.05, 0) is 50.8 Å². The van der Waals surface area contributed by atoms with Gasteiger partial charge in [0.2, 0.25) is 0 Å². The molecule has 0 heterocycles. The highest BCUT2D eigenvalue weighted by Gasteiger charge is 2.37. The molecule has 0 radical (unpaired) electrons. The summed E-state index contributed by atoms with van der Waals surface area (Å²) in [4.78, 5) is 0. The molecular weight excluding hydrogens is 215 g/mol. The van der Waals surface area contributed by atoms with Gasteiger partial charge in [0.05, 0.1) is 11.6 Å². The van der Waals surface area contributed by atoms with Crippen molar-refractivity contribution in [1.82, 2.24) is 5.32 Å². The van der Waals surface area contributed by atoms with Crippen molar-refractivity contribution in [2.75, 3.05) is 0 Å². The lowest BCUT2D eigenvalue weighted by Crippen LogP contribution is -2.40. The summed E-state index contributed by atoms with van der Waals surface area (Å²) < 4.78 is 13.5. The first-order chi connectivity index (χ1) is 8.03. The van der Waals surface area contributed by atoms with Crippen LogP contribution in [-0.4, -0.2) is 5.54 Å². The van der Waals surface area contributed by atoms with Crippen LogP contribution >= 0.6 is 0 Å². The molecule has 1 aromatic rings. The van der Waals surface area contributed by atoms with Gasteiger partial charge in [0.15, 0.2) is 0 Å². The SMILES string of the molecule is CC(C)(NCc1cc(C#N)ccc1F)C1CC1. The molecule has 0 aliphatic heterocycles. The molecule has 0 bridgehead atoms. The summed E-state index contributed by atoms with van der Waals surface area (Å²) in [6, 6.07) is 6.51. The second-order valence-electron chi connectivity index (χ2n) is 5.27. The summed E-state index contributed by atoms with van der Waals surface area (Å²) in [5.41, 5.74) is 1.12. The first-order valence-corrected chi connectivity index (χ1v) is 5.96. The van der Waals surface area contributed by atoms with Crippen molar-refractivity contribution >= 4 is 0 Å². The second kappa shape index (κ2) is 4.46. The summed E-state index contributed by atoms with van der Waals surface area (Å²) in [5, 5.41) is 12.2. The molecule has 1 fully saturated rings. The Hall–Kier alpha value is -1.40. The zero-order valence-electron chi connectivity index (χ0n) is 10.3. The van der Waals surface area contributed by atoms with Crippen molar-refractivity contribution in [3.8, 4) is 6.07 Å². The first-order valence-electron chi connectivity index (χ1n) is 5.96. The van der Waals surface area contributed by atoms with E-state index in [9.17, 15) is 4.39 Å². The van der Waals surface area contributed by atoms with Crippen LogP contribution in [0.3, 0.4) is 0 Å². The highest BCUT2D eigenvalue weighted by atomic mass is 19.1. The number of halogens is 1. The smallest absolute Gasteiger partial charge is 0.127 e. The minimum atomic E-state index is -0.247. The van der Waals surface area contributed by atoms with E-state index in [1.165, 1.54) is 25.0 Å².